The minimum absolute atomic E-state index is 0.0689. The standard InChI is InChI=1S/C24H20Cl2N4O2/c25-17-10-11-22-28-18(15-30(22)14-17)13-27-23(31)12-21(16-6-2-1-3-7-16)29-24(32)19-8-4-5-9-20(19)26/h1-11,14-15,21H,12-13H2,(H,27,31)(H,29,32). The molecule has 0 radical (unpaired) electrons. The van der Waals surface area contributed by atoms with E-state index in [4.69, 9.17) is 23.2 Å². The Morgan fingerprint density at radius 2 is 1.69 bits per heavy atom. The number of imidazole rings is 1. The predicted molar refractivity (Wildman–Crippen MR) is 125 cm³/mol. The Morgan fingerprint density at radius 3 is 2.47 bits per heavy atom. The monoisotopic (exact) mass is 466 g/mol. The Kier molecular flexibility index (Phi) is 6.73. The van der Waals surface area contributed by atoms with Crippen LogP contribution < -0.4 is 10.6 Å². The molecule has 0 aliphatic carbocycles. The number of nitrogens with one attached hydrogen (secondary N) is 2. The Labute approximate surface area is 195 Å². The van der Waals surface area contributed by atoms with Gasteiger partial charge in [-0.1, -0.05) is 65.7 Å². The summed E-state index contributed by atoms with van der Waals surface area (Å²) in [6.07, 6.45) is 3.64. The molecule has 1 atom stereocenters. The summed E-state index contributed by atoms with van der Waals surface area (Å²) in [5.74, 6) is -0.553. The molecule has 1 unspecified atom stereocenters. The van der Waals surface area contributed by atoms with Crippen molar-refractivity contribution < 1.29 is 9.59 Å². The maximum atomic E-state index is 12.8. The Bertz CT molecular complexity index is 1260. The summed E-state index contributed by atoms with van der Waals surface area (Å²) in [7, 11) is 0. The fourth-order valence-electron chi connectivity index (χ4n) is 3.37. The average Bonchev–Trinajstić information content (AvgIpc) is 3.20. The zero-order valence-corrected chi connectivity index (χ0v) is 18.5. The van der Waals surface area contributed by atoms with Gasteiger partial charge in [-0.15, -0.1) is 0 Å². The normalized spacial score (nSPS) is 11.8. The molecule has 162 valence electrons. The molecule has 4 aromatic rings. The maximum Gasteiger partial charge on any atom is 0.253 e. The number of carbonyl (C=O) groups is 2. The molecule has 2 amide bonds. The summed E-state index contributed by atoms with van der Waals surface area (Å²) in [5, 5.41) is 6.76. The lowest BCUT2D eigenvalue weighted by molar-refractivity contribution is -0.121. The highest BCUT2D eigenvalue weighted by atomic mass is 35.5. The van der Waals surface area contributed by atoms with Crippen molar-refractivity contribution >= 4 is 40.7 Å². The Balaban J connectivity index is 1.44. The molecule has 8 heteroatoms. The number of hydrogen-bond acceptors (Lipinski definition) is 3. The van der Waals surface area contributed by atoms with E-state index < -0.39 is 6.04 Å². The third kappa shape index (κ3) is 5.28. The van der Waals surface area contributed by atoms with Crippen LogP contribution in [0.2, 0.25) is 10.0 Å². The van der Waals surface area contributed by atoms with Crippen molar-refractivity contribution in [3.63, 3.8) is 0 Å². The lowest BCUT2D eigenvalue weighted by Gasteiger charge is -2.19. The van der Waals surface area contributed by atoms with E-state index in [1.54, 1.807) is 40.9 Å². The third-order valence-corrected chi connectivity index (χ3v) is 5.50. The fourth-order valence-corrected chi connectivity index (χ4v) is 3.76. The van der Waals surface area contributed by atoms with Gasteiger partial charge in [-0.2, -0.15) is 0 Å². The average molecular weight is 467 g/mol. The van der Waals surface area contributed by atoms with E-state index in [0.717, 1.165) is 11.2 Å². The highest BCUT2D eigenvalue weighted by Gasteiger charge is 2.20. The largest absolute Gasteiger partial charge is 0.350 e. The van der Waals surface area contributed by atoms with Gasteiger partial charge in [-0.25, -0.2) is 4.98 Å². The van der Waals surface area contributed by atoms with Gasteiger partial charge < -0.3 is 15.0 Å². The van der Waals surface area contributed by atoms with E-state index in [2.05, 4.69) is 15.6 Å². The molecule has 0 bridgehead atoms. The van der Waals surface area contributed by atoms with Crippen LogP contribution in [0.1, 0.15) is 34.1 Å². The van der Waals surface area contributed by atoms with Crippen molar-refractivity contribution in [3.05, 3.63) is 106 Å². The molecule has 4 rings (SSSR count). The number of rotatable bonds is 7. The van der Waals surface area contributed by atoms with Crippen molar-refractivity contribution in [2.24, 2.45) is 0 Å². The zero-order valence-electron chi connectivity index (χ0n) is 17.0. The summed E-state index contributed by atoms with van der Waals surface area (Å²) in [4.78, 5) is 30.0. The van der Waals surface area contributed by atoms with E-state index in [0.29, 0.717) is 21.3 Å². The van der Waals surface area contributed by atoms with Crippen LogP contribution in [0.5, 0.6) is 0 Å². The van der Waals surface area contributed by atoms with Gasteiger partial charge in [0.05, 0.1) is 40.3 Å². The number of amides is 2. The van der Waals surface area contributed by atoms with E-state index in [1.807, 2.05) is 42.6 Å². The molecule has 0 saturated carbocycles. The zero-order chi connectivity index (χ0) is 22.5. The van der Waals surface area contributed by atoms with Crippen LogP contribution in [0, 0.1) is 0 Å². The number of carbonyl (C=O) groups excluding carboxylic acids is 2. The number of aromatic nitrogens is 2. The molecule has 0 aliphatic rings. The van der Waals surface area contributed by atoms with Gasteiger partial charge in [0.1, 0.15) is 5.65 Å². The van der Waals surface area contributed by atoms with Crippen LogP contribution in [-0.4, -0.2) is 21.2 Å². The second-order valence-corrected chi connectivity index (χ2v) is 8.09. The number of hydrogen-bond donors (Lipinski definition) is 2. The van der Waals surface area contributed by atoms with Crippen LogP contribution in [-0.2, 0) is 11.3 Å². The summed E-state index contributed by atoms with van der Waals surface area (Å²) in [5.41, 5.74) is 2.63. The number of nitrogens with zero attached hydrogens (tertiary/aromatic N) is 2. The third-order valence-electron chi connectivity index (χ3n) is 4.95. The lowest BCUT2D eigenvalue weighted by Crippen LogP contribution is -2.33. The summed E-state index contributed by atoms with van der Waals surface area (Å²) in [6.45, 7) is 0.262. The van der Waals surface area contributed by atoms with Crippen molar-refractivity contribution in [3.8, 4) is 0 Å². The second kappa shape index (κ2) is 9.85. The molecular formula is C24H20Cl2N4O2. The van der Waals surface area contributed by atoms with Crippen LogP contribution in [0.4, 0.5) is 0 Å². The smallest absolute Gasteiger partial charge is 0.253 e. The first-order valence-corrected chi connectivity index (χ1v) is 10.8. The number of fused-ring (bicyclic) bond motifs is 1. The van der Waals surface area contributed by atoms with Crippen molar-refractivity contribution in [1.29, 1.82) is 0 Å². The van der Waals surface area contributed by atoms with E-state index in [9.17, 15) is 9.59 Å². The molecule has 0 saturated heterocycles. The van der Waals surface area contributed by atoms with Gasteiger partial charge in [0.25, 0.3) is 5.91 Å². The highest BCUT2D eigenvalue weighted by molar-refractivity contribution is 6.33. The molecule has 0 aliphatic heterocycles. The Morgan fingerprint density at radius 1 is 0.938 bits per heavy atom. The molecule has 2 heterocycles. The first-order valence-electron chi connectivity index (χ1n) is 10.00. The van der Waals surface area contributed by atoms with Gasteiger partial charge in [0.2, 0.25) is 5.91 Å². The fraction of sp³-hybridized carbons (Fsp3) is 0.125. The number of benzene rings is 2. The maximum absolute atomic E-state index is 12.8. The molecule has 0 fully saturated rings. The molecule has 32 heavy (non-hydrogen) atoms. The van der Waals surface area contributed by atoms with E-state index in [1.165, 1.54) is 0 Å². The topological polar surface area (TPSA) is 75.5 Å². The molecule has 2 aromatic heterocycles. The molecule has 6 nitrogen and oxygen atoms in total. The minimum Gasteiger partial charge on any atom is -0.350 e. The summed E-state index contributed by atoms with van der Waals surface area (Å²) < 4.78 is 1.81. The van der Waals surface area contributed by atoms with E-state index >= 15 is 0 Å². The van der Waals surface area contributed by atoms with E-state index in [-0.39, 0.29) is 24.8 Å². The predicted octanol–water partition coefficient (Wildman–Crippen LogP) is 4.82. The quantitative estimate of drug-likeness (QED) is 0.409. The highest BCUT2D eigenvalue weighted by Crippen LogP contribution is 2.20. The van der Waals surface area contributed by atoms with Gasteiger partial charge in [0, 0.05) is 12.4 Å². The van der Waals surface area contributed by atoms with Gasteiger partial charge in [-0.05, 0) is 29.8 Å². The van der Waals surface area contributed by atoms with Crippen molar-refractivity contribution in [1.82, 2.24) is 20.0 Å². The summed E-state index contributed by atoms with van der Waals surface area (Å²) >= 11 is 12.2. The van der Waals surface area contributed by atoms with Crippen LogP contribution in [0.3, 0.4) is 0 Å². The minimum atomic E-state index is -0.514. The molecule has 2 N–H and O–H groups in total. The van der Waals surface area contributed by atoms with Crippen LogP contribution in [0.15, 0.2) is 79.1 Å². The van der Waals surface area contributed by atoms with Crippen molar-refractivity contribution in [2.75, 3.05) is 0 Å². The molecule has 2 aromatic carbocycles. The SMILES string of the molecule is O=C(CC(NC(=O)c1ccccc1Cl)c1ccccc1)NCc1cn2cc(Cl)ccc2n1. The first kappa shape index (κ1) is 21.9. The Hall–Kier alpha value is -3.35. The lowest BCUT2D eigenvalue weighted by atomic mass is 10.0. The van der Waals surface area contributed by atoms with Gasteiger partial charge >= 0.3 is 0 Å². The van der Waals surface area contributed by atoms with Gasteiger partial charge in [-0.3, -0.25) is 9.59 Å². The van der Waals surface area contributed by atoms with Crippen LogP contribution in [0.25, 0.3) is 5.65 Å². The summed E-state index contributed by atoms with van der Waals surface area (Å²) in [6, 6.07) is 19.2. The number of halogens is 2. The van der Waals surface area contributed by atoms with Crippen molar-refractivity contribution in [2.45, 2.75) is 19.0 Å². The first-order chi connectivity index (χ1) is 15.5. The van der Waals surface area contributed by atoms with Gasteiger partial charge in [0.15, 0.2) is 0 Å². The molecule has 0 spiro atoms. The number of pyridine rings is 1. The second-order valence-electron chi connectivity index (χ2n) is 7.24. The molecular weight excluding hydrogens is 447 g/mol. The van der Waals surface area contributed by atoms with Crippen LogP contribution >= 0.6 is 23.2 Å².